The number of carbonyl (C=O) groups excluding carboxylic acids is 1. The minimum Gasteiger partial charge on any atom is -0.339 e. The van der Waals surface area contributed by atoms with E-state index in [0.29, 0.717) is 23.3 Å². The average Bonchev–Trinajstić information content (AvgIpc) is 3.22. The molecule has 26 heavy (non-hydrogen) atoms. The summed E-state index contributed by atoms with van der Waals surface area (Å²) in [4.78, 5) is 16.4. The van der Waals surface area contributed by atoms with Crippen molar-refractivity contribution in [1.29, 1.82) is 0 Å². The maximum Gasteiger partial charge on any atom is 0.227 e. The fraction of sp³-hybridized carbons (Fsp3) is 0.389. The third-order valence-corrected chi connectivity index (χ3v) is 4.72. The van der Waals surface area contributed by atoms with Crippen LogP contribution in [0.1, 0.15) is 49.0 Å². The highest BCUT2D eigenvalue weighted by Crippen LogP contribution is 2.29. The van der Waals surface area contributed by atoms with E-state index in [1.807, 2.05) is 32.9 Å². The van der Waals surface area contributed by atoms with Gasteiger partial charge in [-0.3, -0.25) is 4.79 Å². The summed E-state index contributed by atoms with van der Waals surface area (Å²) in [5, 5.41) is 16.2. The number of nitrogens with zero attached hydrogens (tertiary/aromatic N) is 4. The zero-order valence-electron chi connectivity index (χ0n) is 15.2. The van der Waals surface area contributed by atoms with E-state index in [1.54, 1.807) is 0 Å². The lowest BCUT2D eigenvalue weighted by Gasteiger charge is -2.02. The molecule has 0 aliphatic heterocycles. The van der Waals surface area contributed by atoms with Gasteiger partial charge in [-0.15, -0.1) is 10.2 Å². The Kier molecular flexibility index (Phi) is 5.41. The molecule has 2 heterocycles. The Bertz CT molecular complexity index is 916. The van der Waals surface area contributed by atoms with Crippen molar-refractivity contribution in [1.82, 2.24) is 20.3 Å². The number of hydrogen-bond donors (Lipinski definition) is 1. The van der Waals surface area contributed by atoms with E-state index in [2.05, 4.69) is 38.6 Å². The van der Waals surface area contributed by atoms with Gasteiger partial charge in [-0.2, -0.15) is 4.98 Å². The third kappa shape index (κ3) is 4.32. The van der Waals surface area contributed by atoms with Crippen molar-refractivity contribution in [3.63, 3.8) is 0 Å². The standard InChI is InChI=1S/C18H21N5O2S/c1-10(2)16-20-15(25-23-16)8-7-14(24)19-18-22-21-17(26-18)13-6-5-11(3)9-12(13)4/h5-6,9-10H,7-8H2,1-4H3,(H,19,22,24). The average molecular weight is 371 g/mol. The molecule has 8 heteroatoms. The highest BCUT2D eigenvalue weighted by Gasteiger charge is 2.14. The maximum atomic E-state index is 12.1. The summed E-state index contributed by atoms with van der Waals surface area (Å²) in [6.45, 7) is 8.07. The van der Waals surface area contributed by atoms with E-state index < -0.39 is 0 Å². The lowest BCUT2D eigenvalue weighted by molar-refractivity contribution is -0.116. The molecule has 0 spiro atoms. The number of nitrogens with one attached hydrogen (secondary N) is 1. The van der Waals surface area contributed by atoms with Crippen LogP contribution < -0.4 is 5.32 Å². The van der Waals surface area contributed by atoms with Crippen molar-refractivity contribution in [2.24, 2.45) is 0 Å². The van der Waals surface area contributed by atoms with Crippen LogP contribution in [-0.4, -0.2) is 26.2 Å². The Morgan fingerprint density at radius 1 is 1.27 bits per heavy atom. The highest BCUT2D eigenvalue weighted by molar-refractivity contribution is 7.18. The van der Waals surface area contributed by atoms with E-state index in [1.165, 1.54) is 16.9 Å². The van der Waals surface area contributed by atoms with Crippen molar-refractivity contribution in [2.45, 2.75) is 46.5 Å². The fourth-order valence-corrected chi connectivity index (χ4v) is 3.29. The van der Waals surface area contributed by atoms with Crippen LogP contribution in [-0.2, 0) is 11.2 Å². The number of hydrogen-bond acceptors (Lipinski definition) is 7. The number of carbonyl (C=O) groups is 1. The first-order chi connectivity index (χ1) is 12.4. The number of aromatic nitrogens is 4. The number of amides is 1. The Labute approximate surface area is 155 Å². The number of rotatable bonds is 6. The molecule has 0 fully saturated rings. The third-order valence-electron chi connectivity index (χ3n) is 3.85. The van der Waals surface area contributed by atoms with Gasteiger partial charge in [0.1, 0.15) is 5.01 Å². The van der Waals surface area contributed by atoms with Crippen molar-refractivity contribution in [3.05, 3.63) is 41.0 Å². The highest BCUT2D eigenvalue weighted by atomic mass is 32.1. The second kappa shape index (κ2) is 7.74. The Balaban J connectivity index is 1.58. The molecule has 0 saturated carbocycles. The molecular formula is C18H21N5O2S. The zero-order chi connectivity index (χ0) is 18.7. The summed E-state index contributed by atoms with van der Waals surface area (Å²) in [5.74, 6) is 1.17. The van der Waals surface area contributed by atoms with Crippen LogP contribution in [0.3, 0.4) is 0 Å². The Hall–Kier alpha value is -2.61. The number of anilines is 1. The van der Waals surface area contributed by atoms with E-state index in [4.69, 9.17) is 4.52 Å². The molecule has 0 saturated heterocycles. The first-order valence-electron chi connectivity index (χ1n) is 8.46. The summed E-state index contributed by atoms with van der Waals surface area (Å²) < 4.78 is 5.14. The second-order valence-electron chi connectivity index (χ2n) is 6.48. The van der Waals surface area contributed by atoms with Crippen LogP contribution in [0.15, 0.2) is 22.7 Å². The van der Waals surface area contributed by atoms with Gasteiger partial charge in [0.15, 0.2) is 5.82 Å². The molecule has 0 aliphatic carbocycles. The monoisotopic (exact) mass is 371 g/mol. The predicted molar refractivity (Wildman–Crippen MR) is 100 cm³/mol. The summed E-state index contributed by atoms with van der Waals surface area (Å²) in [7, 11) is 0. The van der Waals surface area contributed by atoms with Gasteiger partial charge in [0.05, 0.1) is 0 Å². The summed E-state index contributed by atoms with van der Waals surface area (Å²) in [6.07, 6.45) is 0.645. The van der Waals surface area contributed by atoms with Gasteiger partial charge in [-0.1, -0.05) is 54.1 Å². The minimum absolute atomic E-state index is 0.155. The van der Waals surface area contributed by atoms with Crippen LogP contribution in [0.5, 0.6) is 0 Å². The maximum absolute atomic E-state index is 12.1. The van der Waals surface area contributed by atoms with Crippen LogP contribution in [0, 0.1) is 13.8 Å². The van der Waals surface area contributed by atoms with Gasteiger partial charge in [0.2, 0.25) is 16.9 Å². The van der Waals surface area contributed by atoms with E-state index in [9.17, 15) is 4.79 Å². The smallest absolute Gasteiger partial charge is 0.227 e. The lowest BCUT2D eigenvalue weighted by Crippen LogP contribution is -2.12. The van der Waals surface area contributed by atoms with E-state index in [0.717, 1.165) is 16.1 Å². The largest absolute Gasteiger partial charge is 0.339 e. The Morgan fingerprint density at radius 3 is 2.77 bits per heavy atom. The quantitative estimate of drug-likeness (QED) is 0.706. The van der Waals surface area contributed by atoms with Crippen molar-refractivity contribution in [2.75, 3.05) is 5.32 Å². The molecule has 3 aromatic rings. The van der Waals surface area contributed by atoms with Crippen molar-refractivity contribution in [3.8, 4) is 10.6 Å². The molecule has 0 radical (unpaired) electrons. The van der Waals surface area contributed by atoms with Gasteiger partial charge in [-0.05, 0) is 19.4 Å². The molecule has 136 valence electrons. The van der Waals surface area contributed by atoms with Gasteiger partial charge in [-0.25, -0.2) is 0 Å². The van der Waals surface area contributed by atoms with Gasteiger partial charge >= 0.3 is 0 Å². The first-order valence-corrected chi connectivity index (χ1v) is 9.27. The fourth-order valence-electron chi connectivity index (χ4n) is 2.44. The van der Waals surface area contributed by atoms with Gasteiger partial charge in [0, 0.05) is 24.3 Å². The summed E-state index contributed by atoms with van der Waals surface area (Å²) >= 11 is 1.36. The predicted octanol–water partition coefficient (Wildman–Crippen LogP) is 3.90. The molecule has 1 aromatic carbocycles. The van der Waals surface area contributed by atoms with Crippen LogP contribution in [0.25, 0.3) is 10.6 Å². The van der Waals surface area contributed by atoms with E-state index >= 15 is 0 Å². The zero-order valence-corrected chi connectivity index (χ0v) is 16.1. The van der Waals surface area contributed by atoms with Crippen molar-refractivity contribution >= 4 is 22.4 Å². The molecule has 7 nitrogen and oxygen atoms in total. The molecular weight excluding hydrogens is 350 g/mol. The molecule has 0 bridgehead atoms. The summed E-state index contributed by atoms with van der Waals surface area (Å²) in [5.41, 5.74) is 3.36. The number of benzene rings is 1. The van der Waals surface area contributed by atoms with Crippen LogP contribution in [0.2, 0.25) is 0 Å². The first kappa shape index (κ1) is 18.2. The Morgan fingerprint density at radius 2 is 2.08 bits per heavy atom. The molecule has 0 aliphatic rings. The number of aryl methyl sites for hydroxylation is 3. The van der Waals surface area contributed by atoms with E-state index in [-0.39, 0.29) is 18.2 Å². The minimum atomic E-state index is -0.155. The topological polar surface area (TPSA) is 93.8 Å². The van der Waals surface area contributed by atoms with Crippen molar-refractivity contribution < 1.29 is 9.32 Å². The molecule has 1 N–H and O–H groups in total. The lowest BCUT2D eigenvalue weighted by atomic mass is 10.1. The van der Waals surface area contributed by atoms with Gasteiger partial charge in [0.25, 0.3) is 0 Å². The molecule has 3 rings (SSSR count). The van der Waals surface area contributed by atoms with Crippen LogP contribution >= 0.6 is 11.3 Å². The molecule has 2 aromatic heterocycles. The molecule has 0 unspecified atom stereocenters. The molecule has 0 atom stereocenters. The van der Waals surface area contributed by atoms with Gasteiger partial charge < -0.3 is 9.84 Å². The van der Waals surface area contributed by atoms with Crippen LogP contribution in [0.4, 0.5) is 5.13 Å². The molecule has 1 amide bonds. The summed E-state index contributed by atoms with van der Waals surface area (Å²) in [6, 6.07) is 6.17. The second-order valence-corrected chi connectivity index (χ2v) is 7.46. The normalized spacial score (nSPS) is 11.1. The SMILES string of the molecule is Cc1ccc(-c2nnc(NC(=O)CCc3nc(C(C)C)no3)s2)c(C)c1.